The lowest BCUT2D eigenvalue weighted by Crippen LogP contribution is -2.51. The average molecular weight is 793 g/mol. The van der Waals surface area contributed by atoms with Crippen molar-refractivity contribution in [2.45, 2.75) is 103 Å². The van der Waals surface area contributed by atoms with Crippen LogP contribution in [0, 0.1) is 0 Å². The molecule has 2 bridgehead atoms. The van der Waals surface area contributed by atoms with E-state index in [2.05, 4.69) is 50.9 Å². The first-order valence-electron chi connectivity index (χ1n) is 16.0. The first-order valence-corrected chi connectivity index (χ1v) is 20.5. The van der Waals surface area contributed by atoms with E-state index < -0.39 is 56.0 Å². The highest BCUT2D eigenvalue weighted by Crippen LogP contribution is 2.42. The number of alkyl carbamates (subject to hydrolysis) is 1. The van der Waals surface area contributed by atoms with Crippen LogP contribution in [0.15, 0.2) is 22.8 Å². The third-order valence-corrected chi connectivity index (χ3v) is 10.1. The van der Waals surface area contributed by atoms with Gasteiger partial charge in [-0.2, -0.15) is 13.2 Å². The molecule has 278 valence electrons. The van der Waals surface area contributed by atoms with Crippen molar-refractivity contribution in [3.05, 3.63) is 28.6 Å². The minimum Gasteiger partial charge on any atom is -0.467 e. The number of hydrogen-bond acceptors (Lipinski definition) is 9. The molecule has 0 saturated heterocycles. The van der Waals surface area contributed by atoms with E-state index in [1.807, 2.05) is 0 Å². The van der Waals surface area contributed by atoms with Gasteiger partial charge in [0.15, 0.2) is 0 Å². The Bertz CT molecular complexity index is 1560. The molecule has 3 rings (SSSR count). The standard InChI is InChI=1S/C32H45BrF3N5O8Si/c1-31(2,3)49-30(45)38-21-11-9-10-12-22(27(42)46-4)41(28(43)32(34,35)36)23-17-19(37-29(44)47-5)13-14-20(23)24-25(33)40(26(21)39-24)18-48-15-16-50(6,7)8/h13-14,17,21-22H,9-12,15-16,18H2,1-8H3,(H,37,44)(H,38,45)/t21-,22?/m0/s1. The number of fused-ring (bicyclic) bond motifs is 4. The number of esters is 1. The van der Waals surface area contributed by atoms with Crippen molar-refractivity contribution in [2.75, 3.05) is 31.0 Å². The van der Waals surface area contributed by atoms with Crippen molar-refractivity contribution in [2.24, 2.45) is 0 Å². The molecule has 0 spiro atoms. The van der Waals surface area contributed by atoms with Crippen LogP contribution in [0.3, 0.4) is 0 Å². The van der Waals surface area contributed by atoms with Gasteiger partial charge < -0.3 is 24.3 Å². The van der Waals surface area contributed by atoms with Gasteiger partial charge in [-0.15, -0.1) is 0 Å². The molecule has 1 aliphatic rings. The summed E-state index contributed by atoms with van der Waals surface area (Å²) >= 11 is 3.57. The largest absolute Gasteiger partial charge is 0.471 e. The maximum atomic E-state index is 14.3. The van der Waals surface area contributed by atoms with Crippen LogP contribution in [-0.4, -0.2) is 80.3 Å². The summed E-state index contributed by atoms with van der Waals surface area (Å²) in [5.41, 5.74) is -1.15. The van der Waals surface area contributed by atoms with Gasteiger partial charge in [0.2, 0.25) is 0 Å². The number of alkyl halides is 3. The Kier molecular flexibility index (Phi) is 13.5. The number of halogens is 4. The average Bonchev–Trinajstić information content (AvgIpc) is 3.32. The second-order valence-corrected chi connectivity index (χ2v) is 20.3. The number of benzene rings is 1. The quantitative estimate of drug-likeness (QED) is 0.121. The van der Waals surface area contributed by atoms with E-state index in [1.165, 1.54) is 12.1 Å². The van der Waals surface area contributed by atoms with Gasteiger partial charge in [0.05, 0.1) is 25.9 Å². The number of carbonyl (C=O) groups is 4. The molecule has 1 aliphatic heterocycles. The number of nitrogens with zero attached hydrogens (tertiary/aromatic N) is 3. The number of ether oxygens (including phenoxy) is 4. The van der Waals surface area contributed by atoms with Crippen molar-refractivity contribution in [1.82, 2.24) is 14.9 Å². The number of rotatable bonds is 8. The van der Waals surface area contributed by atoms with Gasteiger partial charge in [-0.25, -0.2) is 19.4 Å². The fraction of sp³-hybridized carbons (Fsp3) is 0.594. The molecule has 1 unspecified atom stereocenters. The Morgan fingerprint density at radius 2 is 1.68 bits per heavy atom. The molecule has 13 nitrogen and oxygen atoms in total. The summed E-state index contributed by atoms with van der Waals surface area (Å²) in [6, 6.07) is 2.25. The van der Waals surface area contributed by atoms with Crippen LogP contribution in [0.2, 0.25) is 25.7 Å². The van der Waals surface area contributed by atoms with Crippen LogP contribution in [-0.2, 0) is 35.3 Å². The summed E-state index contributed by atoms with van der Waals surface area (Å²) in [7, 11) is 0.644. The normalized spacial score (nSPS) is 17.1. The maximum absolute atomic E-state index is 14.3. The van der Waals surface area contributed by atoms with Gasteiger partial charge in [0.1, 0.15) is 34.5 Å². The first-order chi connectivity index (χ1) is 23.2. The van der Waals surface area contributed by atoms with Crippen LogP contribution < -0.4 is 15.5 Å². The van der Waals surface area contributed by atoms with Gasteiger partial charge in [0.25, 0.3) is 0 Å². The van der Waals surface area contributed by atoms with Crippen LogP contribution >= 0.6 is 15.9 Å². The highest BCUT2D eigenvalue weighted by atomic mass is 79.9. The Labute approximate surface area is 298 Å². The van der Waals surface area contributed by atoms with E-state index in [-0.39, 0.29) is 59.6 Å². The van der Waals surface area contributed by atoms with Gasteiger partial charge in [-0.3, -0.25) is 19.6 Å². The predicted octanol–water partition coefficient (Wildman–Crippen LogP) is 7.38. The summed E-state index contributed by atoms with van der Waals surface area (Å²) in [6.45, 7) is 12.1. The smallest absolute Gasteiger partial charge is 0.467 e. The Morgan fingerprint density at radius 1 is 1.02 bits per heavy atom. The lowest BCUT2D eigenvalue weighted by Gasteiger charge is -2.32. The zero-order valence-corrected chi connectivity index (χ0v) is 32.0. The van der Waals surface area contributed by atoms with Crippen molar-refractivity contribution in [1.29, 1.82) is 0 Å². The monoisotopic (exact) mass is 791 g/mol. The SMILES string of the molecule is COC(=O)Nc1ccc2c(c1)N(C(=O)C(F)(F)F)C(C(=O)OC)CCCC[C@H](NC(=O)OC(C)(C)C)c1nc-2c(Br)n1COCC[Si](C)(C)C. The minimum atomic E-state index is -5.40. The molecule has 0 radical (unpaired) electrons. The Morgan fingerprint density at radius 3 is 2.26 bits per heavy atom. The number of imidazole rings is 1. The third-order valence-electron chi connectivity index (χ3n) is 7.57. The molecule has 3 amide bonds. The van der Waals surface area contributed by atoms with Gasteiger partial charge in [-0.05, 0) is 73.8 Å². The first kappa shape index (κ1) is 40.8. The zero-order valence-electron chi connectivity index (χ0n) is 29.5. The number of nitrogens with one attached hydrogen (secondary N) is 2. The topological polar surface area (TPSA) is 150 Å². The Hall–Kier alpha value is -3.64. The second-order valence-electron chi connectivity index (χ2n) is 13.9. The number of hydrogen-bond donors (Lipinski definition) is 2. The minimum absolute atomic E-state index is 0.00233. The van der Waals surface area contributed by atoms with Gasteiger partial charge in [0, 0.05) is 25.9 Å². The van der Waals surface area contributed by atoms with Crippen molar-refractivity contribution in [3.63, 3.8) is 0 Å². The Balaban J connectivity index is 2.36. The number of amides is 3. The van der Waals surface area contributed by atoms with E-state index in [1.54, 1.807) is 25.3 Å². The van der Waals surface area contributed by atoms with Crippen molar-refractivity contribution < 1.29 is 51.3 Å². The van der Waals surface area contributed by atoms with Crippen LogP contribution in [0.4, 0.5) is 34.1 Å². The summed E-state index contributed by atoms with van der Waals surface area (Å²) in [4.78, 5) is 56.7. The van der Waals surface area contributed by atoms with Crippen LogP contribution in [0.1, 0.15) is 58.3 Å². The number of carbonyl (C=O) groups excluding carboxylic acids is 4. The van der Waals surface area contributed by atoms with Gasteiger partial charge in [-0.1, -0.05) is 32.5 Å². The van der Waals surface area contributed by atoms with Crippen molar-refractivity contribution >= 4 is 59.4 Å². The fourth-order valence-corrected chi connectivity index (χ4v) is 6.51. The molecule has 2 heterocycles. The molecule has 0 aliphatic carbocycles. The van der Waals surface area contributed by atoms with E-state index in [9.17, 15) is 32.3 Å². The molecule has 1 aromatic heterocycles. The van der Waals surface area contributed by atoms with Gasteiger partial charge >= 0.3 is 30.2 Å². The lowest BCUT2D eigenvalue weighted by molar-refractivity contribution is -0.172. The van der Waals surface area contributed by atoms with E-state index in [4.69, 9.17) is 19.2 Å². The molecule has 1 aromatic carbocycles. The summed E-state index contributed by atoms with van der Waals surface area (Å²) in [5.74, 6) is -3.09. The molecular formula is C32H45BrF3N5O8Si. The molecule has 2 N–H and O–H groups in total. The second kappa shape index (κ2) is 16.6. The highest BCUT2D eigenvalue weighted by Gasteiger charge is 2.48. The van der Waals surface area contributed by atoms with Crippen LogP contribution in [0.5, 0.6) is 0 Å². The molecule has 0 saturated carbocycles. The fourth-order valence-electron chi connectivity index (χ4n) is 5.17. The zero-order chi connectivity index (χ0) is 37.6. The van der Waals surface area contributed by atoms with E-state index in [0.717, 1.165) is 26.3 Å². The molecule has 2 aromatic rings. The summed E-state index contributed by atoms with van der Waals surface area (Å²) < 4.78 is 66.0. The molecule has 0 fully saturated rings. The number of anilines is 2. The molecule has 18 heteroatoms. The van der Waals surface area contributed by atoms with Crippen molar-refractivity contribution in [3.8, 4) is 11.3 Å². The summed E-state index contributed by atoms with van der Waals surface area (Å²) in [5, 5.41) is 5.27. The van der Waals surface area contributed by atoms with Crippen LogP contribution in [0.25, 0.3) is 11.3 Å². The lowest BCUT2D eigenvalue weighted by atomic mass is 10.00. The number of methoxy groups -OCH3 is 2. The molecule has 2 atom stereocenters. The van der Waals surface area contributed by atoms with E-state index >= 15 is 0 Å². The molecular weight excluding hydrogens is 747 g/mol. The number of aromatic nitrogens is 2. The maximum Gasteiger partial charge on any atom is 0.471 e. The highest BCUT2D eigenvalue weighted by molar-refractivity contribution is 9.10. The third kappa shape index (κ3) is 10.9. The van der Waals surface area contributed by atoms with E-state index in [0.29, 0.717) is 17.3 Å². The molecule has 50 heavy (non-hydrogen) atoms. The predicted molar refractivity (Wildman–Crippen MR) is 185 cm³/mol. The summed E-state index contributed by atoms with van der Waals surface area (Å²) in [6.07, 6.45) is -6.59.